The number of hydrogen-bond acceptors (Lipinski definition) is 0. The molecule has 2 atom stereocenters. The van der Waals surface area contributed by atoms with Crippen LogP contribution in [0.1, 0.15) is 79.6 Å². The summed E-state index contributed by atoms with van der Waals surface area (Å²) < 4.78 is 0. The van der Waals surface area contributed by atoms with Crippen molar-refractivity contribution in [3.05, 3.63) is 11.6 Å². The van der Waals surface area contributed by atoms with Crippen molar-refractivity contribution in [3.8, 4) is 0 Å². The molecule has 0 aromatic carbocycles. The van der Waals surface area contributed by atoms with Gasteiger partial charge in [0.2, 0.25) is 0 Å². The van der Waals surface area contributed by atoms with E-state index in [-0.39, 0.29) is 0 Å². The molecule has 0 N–H and O–H groups in total. The molecule has 0 spiro atoms. The highest BCUT2D eigenvalue weighted by Gasteiger charge is 2.09. The van der Waals surface area contributed by atoms with Gasteiger partial charge in [0.1, 0.15) is 0 Å². The maximum Gasteiger partial charge on any atom is -0.0232 e. The highest BCUT2D eigenvalue weighted by Crippen LogP contribution is 2.24. The summed E-state index contributed by atoms with van der Waals surface area (Å²) in [6.45, 7) is 11.6. The van der Waals surface area contributed by atoms with E-state index >= 15 is 0 Å². The lowest BCUT2D eigenvalue weighted by molar-refractivity contribution is 0.535. The molecule has 0 heteroatoms. The molecule has 0 amide bonds. The molecule has 2 unspecified atom stereocenters. The van der Waals surface area contributed by atoms with E-state index in [4.69, 9.17) is 0 Å². The monoisotopic (exact) mass is 224 g/mol. The summed E-state index contributed by atoms with van der Waals surface area (Å²) in [5.41, 5.74) is 1.73. The molecule has 0 aromatic heterocycles. The lowest BCUT2D eigenvalue weighted by Crippen LogP contribution is -2.02. The lowest BCUT2D eigenvalue weighted by Gasteiger charge is -2.17. The van der Waals surface area contributed by atoms with Gasteiger partial charge in [-0.1, -0.05) is 72.0 Å². The van der Waals surface area contributed by atoms with Crippen LogP contribution in [0.4, 0.5) is 0 Å². The number of rotatable bonds is 9. The number of unbranched alkanes of at least 4 members (excludes halogenated alkanes) is 2. The fourth-order valence-electron chi connectivity index (χ4n) is 2.05. The molecule has 0 fully saturated rings. The van der Waals surface area contributed by atoms with Gasteiger partial charge in [-0.25, -0.2) is 0 Å². The zero-order valence-electron chi connectivity index (χ0n) is 12.2. The quantitative estimate of drug-likeness (QED) is 0.423. The summed E-state index contributed by atoms with van der Waals surface area (Å²) in [7, 11) is 0. The van der Waals surface area contributed by atoms with Crippen LogP contribution < -0.4 is 0 Å². The van der Waals surface area contributed by atoms with Crippen molar-refractivity contribution in [1.29, 1.82) is 0 Å². The third kappa shape index (κ3) is 7.09. The second kappa shape index (κ2) is 9.93. The Bertz CT molecular complexity index is 178. The summed E-state index contributed by atoms with van der Waals surface area (Å²) in [4.78, 5) is 0. The number of hydrogen-bond donors (Lipinski definition) is 0. The summed E-state index contributed by atoms with van der Waals surface area (Å²) >= 11 is 0. The molecule has 0 saturated carbocycles. The molecule has 0 rings (SSSR count). The van der Waals surface area contributed by atoms with Crippen LogP contribution in [0, 0.1) is 11.8 Å². The molecule has 96 valence electrons. The highest BCUT2D eigenvalue weighted by atomic mass is 14.1. The third-order valence-corrected chi connectivity index (χ3v) is 3.59. The molecular formula is C16H32. The molecule has 0 saturated heterocycles. The SMILES string of the molecule is CCCCC(=CC(C)CC)C(C)CCCC. The standard InChI is InChI=1S/C16H32/c1-6-9-11-15(5)16(12-10-7-2)13-14(4)8-3/h13-15H,6-12H2,1-5H3. The molecule has 16 heavy (non-hydrogen) atoms. The van der Waals surface area contributed by atoms with E-state index in [2.05, 4.69) is 40.7 Å². The van der Waals surface area contributed by atoms with Crippen molar-refractivity contribution in [1.82, 2.24) is 0 Å². The minimum atomic E-state index is 0.760. The van der Waals surface area contributed by atoms with Crippen LogP contribution in [0.5, 0.6) is 0 Å². The van der Waals surface area contributed by atoms with Gasteiger partial charge < -0.3 is 0 Å². The molecule has 0 aliphatic heterocycles. The van der Waals surface area contributed by atoms with Gasteiger partial charge in [-0.05, 0) is 31.1 Å². The van der Waals surface area contributed by atoms with Gasteiger partial charge in [-0.3, -0.25) is 0 Å². The third-order valence-electron chi connectivity index (χ3n) is 3.59. The van der Waals surface area contributed by atoms with Crippen LogP contribution >= 0.6 is 0 Å². The van der Waals surface area contributed by atoms with E-state index in [9.17, 15) is 0 Å². The van der Waals surface area contributed by atoms with Crippen molar-refractivity contribution in [3.63, 3.8) is 0 Å². The predicted molar refractivity (Wildman–Crippen MR) is 75.8 cm³/mol. The Morgan fingerprint density at radius 1 is 1.00 bits per heavy atom. The number of allylic oxidation sites excluding steroid dienone is 2. The molecule has 0 heterocycles. The molecule has 0 radical (unpaired) electrons. The zero-order chi connectivity index (χ0) is 12.4. The molecule has 0 nitrogen and oxygen atoms in total. The molecular weight excluding hydrogens is 192 g/mol. The predicted octanol–water partition coefficient (Wildman–Crippen LogP) is 5.98. The fraction of sp³-hybridized carbons (Fsp3) is 0.875. The fourth-order valence-corrected chi connectivity index (χ4v) is 2.05. The minimum absolute atomic E-state index is 0.760. The van der Waals surface area contributed by atoms with Crippen LogP contribution in [-0.4, -0.2) is 0 Å². The largest absolute Gasteiger partial charge is 0.0822 e. The van der Waals surface area contributed by atoms with Crippen LogP contribution in [0.2, 0.25) is 0 Å². The van der Waals surface area contributed by atoms with Gasteiger partial charge in [-0.15, -0.1) is 0 Å². The maximum absolute atomic E-state index is 2.55. The second-order valence-electron chi connectivity index (χ2n) is 5.27. The minimum Gasteiger partial charge on any atom is -0.0822 e. The van der Waals surface area contributed by atoms with Crippen LogP contribution in [0.15, 0.2) is 11.6 Å². The molecule has 0 bridgehead atoms. The van der Waals surface area contributed by atoms with Gasteiger partial charge in [0, 0.05) is 0 Å². The van der Waals surface area contributed by atoms with E-state index < -0.39 is 0 Å². The molecule has 0 aliphatic carbocycles. The topological polar surface area (TPSA) is 0 Å². The zero-order valence-corrected chi connectivity index (χ0v) is 12.2. The van der Waals surface area contributed by atoms with Gasteiger partial charge >= 0.3 is 0 Å². The normalized spacial score (nSPS) is 16.2. The Morgan fingerprint density at radius 2 is 1.62 bits per heavy atom. The van der Waals surface area contributed by atoms with Gasteiger partial charge in [-0.2, -0.15) is 0 Å². The van der Waals surface area contributed by atoms with E-state index in [1.54, 1.807) is 5.57 Å². The first-order chi connectivity index (χ1) is 7.65. The van der Waals surface area contributed by atoms with Crippen molar-refractivity contribution < 1.29 is 0 Å². The van der Waals surface area contributed by atoms with Crippen molar-refractivity contribution in [2.45, 2.75) is 79.6 Å². The Kier molecular flexibility index (Phi) is 9.77. The van der Waals surface area contributed by atoms with Crippen molar-refractivity contribution in [2.24, 2.45) is 11.8 Å². The Balaban J connectivity index is 4.33. The van der Waals surface area contributed by atoms with Crippen molar-refractivity contribution >= 4 is 0 Å². The van der Waals surface area contributed by atoms with Crippen molar-refractivity contribution in [2.75, 3.05) is 0 Å². The molecule has 0 aliphatic rings. The Hall–Kier alpha value is -0.260. The van der Waals surface area contributed by atoms with Gasteiger partial charge in [0.25, 0.3) is 0 Å². The van der Waals surface area contributed by atoms with E-state index in [1.165, 1.54) is 44.9 Å². The first-order valence-electron chi connectivity index (χ1n) is 7.36. The summed E-state index contributed by atoms with van der Waals surface area (Å²) in [5, 5.41) is 0. The van der Waals surface area contributed by atoms with E-state index in [1.807, 2.05) is 0 Å². The maximum atomic E-state index is 2.55. The summed E-state index contributed by atoms with van der Waals surface area (Å²) in [6, 6.07) is 0. The first kappa shape index (κ1) is 15.7. The molecule has 0 aromatic rings. The van der Waals surface area contributed by atoms with Crippen LogP contribution in [0.25, 0.3) is 0 Å². The van der Waals surface area contributed by atoms with Crippen LogP contribution in [0.3, 0.4) is 0 Å². The Morgan fingerprint density at radius 3 is 2.12 bits per heavy atom. The summed E-state index contributed by atoms with van der Waals surface area (Å²) in [6.07, 6.45) is 11.9. The average Bonchev–Trinajstić information content (AvgIpc) is 2.30. The lowest BCUT2D eigenvalue weighted by atomic mass is 9.88. The van der Waals surface area contributed by atoms with Gasteiger partial charge in [0.15, 0.2) is 0 Å². The second-order valence-corrected chi connectivity index (χ2v) is 5.27. The van der Waals surface area contributed by atoms with Gasteiger partial charge in [0.05, 0.1) is 0 Å². The highest BCUT2D eigenvalue weighted by molar-refractivity contribution is 5.07. The van der Waals surface area contributed by atoms with E-state index in [0.29, 0.717) is 0 Å². The summed E-state index contributed by atoms with van der Waals surface area (Å²) in [5.74, 6) is 1.57. The average molecular weight is 224 g/mol. The Labute approximate surface area is 104 Å². The smallest absolute Gasteiger partial charge is 0.0232 e. The van der Waals surface area contributed by atoms with Crippen LogP contribution in [-0.2, 0) is 0 Å². The first-order valence-corrected chi connectivity index (χ1v) is 7.36. The van der Waals surface area contributed by atoms with E-state index in [0.717, 1.165) is 11.8 Å².